The van der Waals surface area contributed by atoms with Crippen LogP contribution in [0.5, 0.6) is 0 Å². The van der Waals surface area contributed by atoms with Crippen molar-refractivity contribution < 1.29 is 4.79 Å². The third kappa shape index (κ3) is 3.95. The predicted molar refractivity (Wildman–Crippen MR) is 88.6 cm³/mol. The highest BCUT2D eigenvalue weighted by molar-refractivity contribution is 5.78. The van der Waals surface area contributed by atoms with E-state index in [4.69, 9.17) is 0 Å². The summed E-state index contributed by atoms with van der Waals surface area (Å²) in [6.45, 7) is 2.42. The first-order valence-electron chi connectivity index (χ1n) is 7.86. The van der Waals surface area contributed by atoms with Gasteiger partial charge in [-0.2, -0.15) is 0 Å². The average molecular weight is 294 g/mol. The predicted octanol–water partition coefficient (Wildman–Crippen LogP) is 2.95. The number of hydrogen-bond donors (Lipinski definition) is 2. The zero-order valence-corrected chi connectivity index (χ0v) is 12.9. The maximum absolute atomic E-state index is 11.9. The fourth-order valence-corrected chi connectivity index (χ4v) is 2.53. The molecule has 114 valence electrons. The Kier molecular flexibility index (Phi) is 4.54. The minimum absolute atomic E-state index is 0.0340. The lowest BCUT2D eigenvalue weighted by molar-refractivity contribution is -0.120. The summed E-state index contributed by atoms with van der Waals surface area (Å²) in [4.78, 5) is 11.9. The molecule has 0 saturated heterocycles. The third-order valence-corrected chi connectivity index (χ3v) is 3.95. The maximum atomic E-state index is 11.9. The van der Waals surface area contributed by atoms with Crippen molar-refractivity contribution in [3.8, 4) is 0 Å². The van der Waals surface area contributed by atoms with Gasteiger partial charge in [0.2, 0.25) is 5.91 Å². The number of carbonyl (C=O) groups excluding carboxylic acids is 1. The summed E-state index contributed by atoms with van der Waals surface area (Å²) in [5.41, 5.74) is 3.59. The van der Waals surface area contributed by atoms with Crippen LogP contribution in [0.4, 0.5) is 0 Å². The highest BCUT2D eigenvalue weighted by atomic mass is 16.2. The molecular formula is C19H22N2O. The Morgan fingerprint density at radius 2 is 1.68 bits per heavy atom. The van der Waals surface area contributed by atoms with Crippen LogP contribution in [0.1, 0.15) is 35.6 Å². The van der Waals surface area contributed by atoms with Crippen LogP contribution in [0.15, 0.2) is 54.6 Å². The Bertz CT molecular complexity index is 618. The first-order chi connectivity index (χ1) is 10.7. The largest absolute Gasteiger partial charge is 0.352 e. The zero-order chi connectivity index (χ0) is 15.4. The SMILES string of the molecule is Cc1ccc([C@H](NCC(=O)NC2CC2)c2ccccc2)cc1. The number of benzene rings is 2. The Hall–Kier alpha value is -2.13. The number of aryl methyl sites for hydroxylation is 1. The van der Waals surface area contributed by atoms with Crippen molar-refractivity contribution in [2.24, 2.45) is 0 Å². The Balaban J connectivity index is 1.73. The van der Waals surface area contributed by atoms with Gasteiger partial charge in [-0.25, -0.2) is 0 Å². The van der Waals surface area contributed by atoms with E-state index in [1.54, 1.807) is 0 Å². The standard InChI is InChI=1S/C19H22N2O/c1-14-7-9-16(10-8-14)19(15-5-3-2-4-6-15)20-13-18(22)21-17-11-12-17/h2-10,17,19-20H,11-13H2,1H3,(H,21,22)/t19-/m1/s1. The van der Waals surface area contributed by atoms with E-state index in [1.807, 2.05) is 18.2 Å². The fourth-order valence-electron chi connectivity index (χ4n) is 2.53. The molecule has 3 rings (SSSR count). The molecule has 1 fully saturated rings. The zero-order valence-electron chi connectivity index (χ0n) is 12.9. The van der Waals surface area contributed by atoms with E-state index in [1.165, 1.54) is 16.7 Å². The van der Waals surface area contributed by atoms with Gasteiger partial charge in [-0.05, 0) is 30.9 Å². The molecule has 2 aromatic carbocycles. The molecule has 0 radical (unpaired) electrons. The fraction of sp³-hybridized carbons (Fsp3) is 0.316. The monoisotopic (exact) mass is 294 g/mol. The molecule has 1 atom stereocenters. The van der Waals surface area contributed by atoms with Crippen LogP contribution in [-0.2, 0) is 4.79 Å². The van der Waals surface area contributed by atoms with Crippen molar-refractivity contribution in [3.63, 3.8) is 0 Å². The van der Waals surface area contributed by atoms with Gasteiger partial charge >= 0.3 is 0 Å². The van der Waals surface area contributed by atoms with Gasteiger partial charge in [0.15, 0.2) is 0 Å². The van der Waals surface area contributed by atoms with Gasteiger partial charge in [0.1, 0.15) is 0 Å². The van der Waals surface area contributed by atoms with Crippen LogP contribution in [0, 0.1) is 6.92 Å². The lowest BCUT2D eigenvalue weighted by Crippen LogP contribution is -2.37. The maximum Gasteiger partial charge on any atom is 0.234 e. The summed E-state index contributed by atoms with van der Waals surface area (Å²) in [6.07, 6.45) is 2.23. The summed E-state index contributed by atoms with van der Waals surface area (Å²) in [7, 11) is 0. The molecule has 2 N–H and O–H groups in total. The van der Waals surface area contributed by atoms with Gasteiger partial charge in [-0.3, -0.25) is 10.1 Å². The van der Waals surface area contributed by atoms with Crippen molar-refractivity contribution in [2.45, 2.75) is 31.8 Å². The molecule has 0 aromatic heterocycles. The van der Waals surface area contributed by atoms with E-state index in [9.17, 15) is 4.79 Å². The van der Waals surface area contributed by atoms with Crippen LogP contribution < -0.4 is 10.6 Å². The van der Waals surface area contributed by atoms with Crippen LogP contribution >= 0.6 is 0 Å². The van der Waals surface area contributed by atoms with E-state index >= 15 is 0 Å². The minimum Gasteiger partial charge on any atom is -0.352 e. The lowest BCUT2D eigenvalue weighted by atomic mass is 9.98. The normalized spacial score (nSPS) is 15.3. The molecular weight excluding hydrogens is 272 g/mol. The molecule has 0 bridgehead atoms. The van der Waals surface area contributed by atoms with Crippen molar-refractivity contribution in [3.05, 3.63) is 71.3 Å². The highest BCUT2D eigenvalue weighted by Gasteiger charge is 2.23. The summed E-state index contributed by atoms with van der Waals surface area (Å²) in [6, 6.07) is 19.2. The van der Waals surface area contributed by atoms with E-state index in [0.29, 0.717) is 12.6 Å². The van der Waals surface area contributed by atoms with Gasteiger partial charge in [0.05, 0.1) is 12.6 Å². The second-order valence-electron chi connectivity index (χ2n) is 5.98. The van der Waals surface area contributed by atoms with E-state index in [-0.39, 0.29) is 11.9 Å². The number of hydrogen-bond acceptors (Lipinski definition) is 2. The molecule has 1 amide bonds. The van der Waals surface area contributed by atoms with Crippen LogP contribution in [0.3, 0.4) is 0 Å². The molecule has 1 aliphatic carbocycles. The molecule has 2 aromatic rings. The van der Waals surface area contributed by atoms with Crippen molar-refractivity contribution in [1.29, 1.82) is 0 Å². The summed E-state index contributed by atoms with van der Waals surface area (Å²) in [5, 5.41) is 6.41. The number of amides is 1. The Morgan fingerprint density at radius 3 is 2.32 bits per heavy atom. The minimum atomic E-state index is 0.0340. The Labute approximate surface area is 131 Å². The summed E-state index contributed by atoms with van der Waals surface area (Å²) >= 11 is 0. The first kappa shape index (κ1) is 14.8. The molecule has 0 heterocycles. The average Bonchev–Trinajstić information content (AvgIpc) is 3.34. The van der Waals surface area contributed by atoms with Gasteiger partial charge in [0, 0.05) is 6.04 Å². The van der Waals surface area contributed by atoms with Gasteiger partial charge in [-0.15, -0.1) is 0 Å². The summed E-state index contributed by atoms with van der Waals surface area (Å²) in [5.74, 6) is 0.0792. The second kappa shape index (κ2) is 6.75. The lowest BCUT2D eigenvalue weighted by Gasteiger charge is -2.20. The molecule has 1 aliphatic rings. The van der Waals surface area contributed by atoms with E-state index in [0.717, 1.165) is 12.8 Å². The van der Waals surface area contributed by atoms with Crippen molar-refractivity contribution in [1.82, 2.24) is 10.6 Å². The summed E-state index contributed by atoms with van der Waals surface area (Å²) < 4.78 is 0. The molecule has 3 heteroatoms. The van der Waals surface area contributed by atoms with Crippen LogP contribution in [-0.4, -0.2) is 18.5 Å². The van der Waals surface area contributed by atoms with Crippen LogP contribution in [0.25, 0.3) is 0 Å². The van der Waals surface area contributed by atoms with Gasteiger partial charge in [0.25, 0.3) is 0 Å². The molecule has 22 heavy (non-hydrogen) atoms. The van der Waals surface area contributed by atoms with E-state index in [2.05, 4.69) is 54.0 Å². The van der Waals surface area contributed by atoms with Gasteiger partial charge < -0.3 is 5.32 Å². The second-order valence-corrected chi connectivity index (χ2v) is 5.98. The smallest absolute Gasteiger partial charge is 0.234 e. The number of nitrogens with one attached hydrogen (secondary N) is 2. The number of carbonyl (C=O) groups is 1. The molecule has 3 nitrogen and oxygen atoms in total. The molecule has 0 unspecified atom stereocenters. The molecule has 0 spiro atoms. The van der Waals surface area contributed by atoms with Gasteiger partial charge in [-0.1, -0.05) is 60.2 Å². The van der Waals surface area contributed by atoms with E-state index < -0.39 is 0 Å². The first-order valence-corrected chi connectivity index (χ1v) is 7.86. The van der Waals surface area contributed by atoms with Crippen LogP contribution in [0.2, 0.25) is 0 Å². The quantitative estimate of drug-likeness (QED) is 0.860. The number of rotatable bonds is 6. The molecule has 1 saturated carbocycles. The topological polar surface area (TPSA) is 41.1 Å². The van der Waals surface area contributed by atoms with Crippen molar-refractivity contribution in [2.75, 3.05) is 6.54 Å². The molecule has 0 aliphatic heterocycles. The van der Waals surface area contributed by atoms with Crippen molar-refractivity contribution >= 4 is 5.91 Å². The highest BCUT2D eigenvalue weighted by Crippen LogP contribution is 2.22. The third-order valence-electron chi connectivity index (χ3n) is 3.95. The Morgan fingerprint density at radius 1 is 1.05 bits per heavy atom.